The Labute approximate surface area is 170 Å². The van der Waals surface area contributed by atoms with Crippen molar-refractivity contribution < 1.29 is 9.59 Å². The van der Waals surface area contributed by atoms with Crippen LogP contribution in [0.3, 0.4) is 0 Å². The molecular formula is C22H29N3O2S. The first-order valence-corrected chi connectivity index (χ1v) is 10.8. The van der Waals surface area contributed by atoms with E-state index in [9.17, 15) is 9.59 Å². The third-order valence-electron chi connectivity index (χ3n) is 5.46. The average Bonchev–Trinajstić information content (AvgIpc) is 3.29. The minimum absolute atomic E-state index is 0.102. The smallest absolute Gasteiger partial charge is 0.265 e. The molecule has 3 N–H and O–H groups in total. The fourth-order valence-corrected chi connectivity index (χ4v) is 4.84. The molecule has 0 atom stereocenters. The van der Waals surface area contributed by atoms with E-state index in [-0.39, 0.29) is 11.8 Å². The molecule has 4 rings (SSSR count). The fourth-order valence-electron chi connectivity index (χ4n) is 4.08. The number of rotatable bonds is 4. The summed E-state index contributed by atoms with van der Waals surface area (Å²) in [5.74, 6) is 0.623. The van der Waals surface area contributed by atoms with E-state index >= 15 is 0 Å². The highest BCUT2D eigenvalue weighted by molar-refractivity contribution is 7.14. The van der Waals surface area contributed by atoms with Crippen LogP contribution >= 0.6 is 11.3 Å². The Kier molecular flexibility index (Phi) is 6.86. The van der Waals surface area contributed by atoms with Gasteiger partial charge >= 0.3 is 0 Å². The van der Waals surface area contributed by atoms with Gasteiger partial charge in [-0.3, -0.25) is 9.59 Å². The molecule has 0 saturated heterocycles. The van der Waals surface area contributed by atoms with Crippen LogP contribution in [0.25, 0.3) is 0 Å². The zero-order chi connectivity index (χ0) is 20.1. The van der Waals surface area contributed by atoms with Gasteiger partial charge in [-0.25, -0.2) is 0 Å². The molecule has 1 aliphatic heterocycles. The van der Waals surface area contributed by atoms with E-state index in [1.165, 1.54) is 50.5 Å². The molecule has 1 saturated carbocycles. The van der Waals surface area contributed by atoms with Crippen LogP contribution in [0.4, 0.5) is 5.69 Å². The van der Waals surface area contributed by atoms with Crippen molar-refractivity contribution in [2.45, 2.75) is 45.6 Å². The van der Waals surface area contributed by atoms with Crippen LogP contribution in [0.15, 0.2) is 30.3 Å². The zero-order valence-electron chi connectivity index (χ0n) is 16.7. The Balaban J connectivity index is 0.00000109. The van der Waals surface area contributed by atoms with Crippen LogP contribution in [-0.2, 0) is 6.54 Å². The van der Waals surface area contributed by atoms with Crippen molar-refractivity contribution in [3.8, 4) is 0 Å². The Morgan fingerprint density at radius 3 is 2.61 bits per heavy atom. The van der Waals surface area contributed by atoms with Gasteiger partial charge in [0.05, 0.1) is 4.88 Å². The lowest BCUT2D eigenvalue weighted by Gasteiger charge is -2.26. The summed E-state index contributed by atoms with van der Waals surface area (Å²) in [7, 11) is 1.50. The largest absolute Gasteiger partial charge is 0.334 e. The number of carbonyl (C=O) groups excluding carboxylic acids is 2. The molecule has 0 spiro atoms. The number of thiophene rings is 1. The maximum Gasteiger partial charge on any atom is 0.265 e. The number of aryl methyl sites for hydroxylation is 1. The third-order valence-corrected chi connectivity index (χ3v) is 6.46. The van der Waals surface area contributed by atoms with E-state index < -0.39 is 0 Å². The number of carbonyl (C=O) groups is 2. The van der Waals surface area contributed by atoms with Gasteiger partial charge in [-0.2, -0.15) is 0 Å². The van der Waals surface area contributed by atoms with E-state index in [4.69, 9.17) is 0 Å². The Morgan fingerprint density at radius 2 is 1.93 bits per heavy atom. The molecule has 150 valence electrons. The molecule has 0 radical (unpaired) electrons. The highest BCUT2D eigenvalue weighted by Crippen LogP contribution is 2.32. The van der Waals surface area contributed by atoms with Crippen molar-refractivity contribution in [2.24, 2.45) is 11.7 Å². The summed E-state index contributed by atoms with van der Waals surface area (Å²) in [6, 6.07) is 9.43. The maximum atomic E-state index is 12.8. The number of hydrogen-bond acceptors (Lipinski definition) is 4. The number of nitrogens with one attached hydrogen (secondary N) is 1. The van der Waals surface area contributed by atoms with Gasteiger partial charge in [0.2, 0.25) is 0 Å². The molecule has 2 heterocycles. The van der Waals surface area contributed by atoms with E-state index in [1.807, 2.05) is 42.2 Å². The van der Waals surface area contributed by atoms with Crippen molar-refractivity contribution in [1.29, 1.82) is 0 Å². The molecule has 28 heavy (non-hydrogen) atoms. The summed E-state index contributed by atoms with van der Waals surface area (Å²) in [5, 5.41) is 3.01. The normalized spacial score (nSPS) is 16.4. The van der Waals surface area contributed by atoms with Crippen LogP contribution < -0.4 is 11.1 Å². The van der Waals surface area contributed by atoms with Crippen LogP contribution in [0.2, 0.25) is 0 Å². The standard InChI is InChI=1S/C21H24N2O2S.CH5N/c1-14-10-11-19(26-14)20(24)22-18-9-5-8-16-17(18)13-23(21(16)25)12-15-6-3-2-4-7-15;1-2/h5,8-11,15H,2-4,6-7,12-13H2,1H3,(H,22,24);2H2,1H3. The first-order chi connectivity index (χ1) is 13.6. The van der Waals surface area contributed by atoms with Gasteiger partial charge in [0.25, 0.3) is 11.8 Å². The minimum atomic E-state index is -0.102. The predicted molar refractivity (Wildman–Crippen MR) is 115 cm³/mol. The van der Waals surface area contributed by atoms with Crippen LogP contribution in [0.1, 0.15) is 62.6 Å². The van der Waals surface area contributed by atoms with E-state index in [0.717, 1.165) is 28.2 Å². The number of hydrogen-bond donors (Lipinski definition) is 2. The summed E-state index contributed by atoms with van der Waals surface area (Å²) >= 11 is 1.48. The predicted octanol–water partition coefficient (Wildman–Crippen LogP) is 4.42. The summed E-state index contributed by atoms with van der Waals surface area (Å²) in [4.78, 5) is 29.1. The lowest BCUT2D eigenvalue weighted by molar-refractivity contribution is 0.0738. The van der Waals surface area contributed by atoms with Gasteiger partial charge in [0, 0.05) is 34.8 Å². The lowest BCUT2D eigenvalue weighted by atomic mass is 9.89. The molecule has 1 aliphatic carbocycles. The summed E-state index contributed by atoms with van der Waals surface area (Å²) in [6.07, 6.45) is 6.33. The molecule has 2 aliphatic rings. The maximum absolute atomic E-state index is 12.8. The molecule has 6 heteroatoms. The van der Waals surface area contributed by atoms with Gasteiger partial charge in [0.15, 0.2) is 0 Å². The minimum Gasteiger partial charge on any atom is -0.334 e. The second kappa shape index (κ2) is 9.34. The number of fused-ring (bicyclic) bond motifs is 1. The first kappa shape index (κ1) is 20.6. The van der Waals surface area contributed by atoms with E-state index in [0.29, 0.717) is 17.3 Å². The molecule has 0 unspecified atom stereocenters. The van der Waals surface area contributed by atoms with Crippen LogP contribution in [-0.4, -0.2) is 30.3 Å². The number of amides is 2. The van der Waals surface area contributed by atoms with Crippen molar-refractivity contribution in [3.05, 3.63) is 51.2 Å². The Bertz CT molecular complexity index is 840. The van der Waals surface area contributed by atoms with Crippen molar-refractivity contribution in [1.82, 2.24) is 4.90 Å². The lowest BCUT2D eigenvalue weighted by Crippen LogP contribution is -2.30. The quantitative estimate of drug-likeness (QED) is 0.799. The number of nitrogens with two attached hydrogens (primary N) is 1. The van der Waals surface area contributed by atoms with Crippen molar-refractivity contribution in [2.75, 3.05) is 18.9 Å². The number of benzene rings is 1. The van der Waals surface area contributed by atoms with Gasteiger partial charge < -0.3 is 16.0 Å². The monoisotopic (exact) mass is 399 g/mol. The molecule has 1 aromatic heterocycles. The summed E-state index contributed by atoms with van der Waals surface area (Å²) in [6.45, 7) is 3.43. The SMILES string of the molecule is CN.Cc1ccc(C(=O)Nc2cccc3c2CN(CC2CCCCC2)C3=O)s1. The van der Waals surface area contributed by atoms with Gasteiger partial charge in [-0.05, 0) is 57.0 Å². The molecule has 2 aromatic rings. The molecule has 5 nitrogen and oxygen atoms in total. The molecule has 0 bridgehead atoms. The topological polar surface area (TPSA) is 75.4 Å². The van der Waals surface area contributed by atoms with E-state index in [2.05, 4.69) is 11.1 Å². The summed E-state index contributed by atoms with van der Waals surface area (Å²) < 4.78 is 0. The third kappa shape index (κ3) is 4.45. The van der Waals surface area contributed by atoms with Crippen LogP contribution in [0.5, 0.6) is 0 Å². The highest BCUT2D eigenvalue weighted by Gasteiger charge is 2.31. The second-order valence-electron chi connectivity index (χ2n) is 7.39. The zero-order valence-corrected chi connectivity index (χ0v) is 17.5. The molecule has 1 fully saturated rings. The van der Waals surface area contributed by atoms with E-state index in [1.54, 1.807) is 0 Å². The molecular weight excluding hydrogens is 370 g/mol. The van der Waals surface area contributed by atoms with Gasteiger partial charge in [0.1, 0.15) is 0 Å². The van der Waals surface area contributed by atoms with Gasteiger partial charge in [-0.1, -0.05) is 25.3 Å². The molecule has 1 aromatic carbocycles. The van der Waals surface area contributed by atoms with Crippen LogP contribution in [0, 0.1) is 12.8 Å². The number of nitrogens with zero attached hydrogens (tertiary/aromatic N) is 1. The van der Waals surface area contributed by atoms with Crippen molar-refractivity contribution in [3.63, 3.8) is 0 Å². The Morgan fingerprint density at radius 1 is 1.18 bits per heavy atom. The fraction of sp³-hybridized carbons (Fsp3) is 0.455. The molecule has 2 amide bonds. The Hall–Kier alpha value is -2.18. The van der Waals surface area contributed by atoms with Gasteiger partial charge in [-0.15, -0.1) is 11.3 Å². The highest BCUT2D eigenvalue weighted by atomic mass is 32.1. The number of anilines is 1. The summed E-state index contributed by atoms with van der Waals surface area (Å²) in [5.41, 5.74) is 6.95. The first-order valence-electron chi connectivity index (χ1n) is 9.98. The average molecular weight is 400 g/mol. The second-order valence-corrected chi connectivity index (χ2v) is 8.67. The van der Waals surface area contributed by atoms with Crippen molar-refractivity contribution >= 4 is 28.8 Å².